The van der Waals surface area contributed by atoms with Gasteiger partial charge in [-0.1, -0.05) is 136 Å². The first-order valence-electron chi connectivity index (χ1n) is 22.1. The van der Waals surface area contributed by atoms with Gasteiger partial charge in [0.1, 0.15) is 24.0 Å². The van der Waals surface area contributed by atoms with Crippen molar-refractivity contribution in [3.8, 4) is 62.0 Å². The molecule has 0 saturated carbocycles. The van der Waals surface area contributed by atoms with Gasteiger partial charge in [0.25, 0.3) is 0 Å². The Kier molecular flexibility index (Phi) is 8.63. The van der Waals surface area contributed by atoms with E-state index < -0.39 is 0 Å². The van der Waals surface area contributed by atoms with Gasteiger partial charge in [0, 0.05) is 45.3 Å². The van der Waals surface area contributed by atoms with Crippen LogP contribution in [0, 0.1) is 6.92 Å². The third kappa shape index (κ3) is 6.26. The van der Waals surface area contributed by atoms with Gasteiger partial charge in [0.15, 0.2) is 0 Å². The molecule has 0 N–H and O–H groups in total. The summed E-state index contributed by atoms with van der Waals surface area (Å²) in [6.07, 6.45) is 0. The molecule has 0 fully saturated rings. The van der Waals surface area contributed by atoms with E-state index in [1.807, 2.05) is 6.07 Å². The van der Waals surface area contributed by atoms with Crippen LogP contribution in [-0.2, 0) is 5.41 Å². The predicted molar refractivity (Wildman–Crippen MR) is 266 cm³/mol. The molecular formula is C59H46N4O. The number of aryl methyl sites for hydroxylation is 1. The fourth-order valence-corrected chi connectivity index (χ4v) is 9.85. The molecule has 0 amide bonds. The van der Waals surface area contributed by atoms with E-state index in [1.165, 1.54) is 38.8 Å². The number of hydrogen-bond donors (Lipinski definition) is 0. The van der Waals surface area contributed by atoms with E-state index in [-0.39, 0.29) is 5.41 Å². The second-order valence-corrected chi connectivity index (χ2v) is 18.2. The molecular weight excluding hydrogens is 781 g/mol. The minimum Gasteiger partial charge on any atom is -0.457 e. The zero-order valence-corrected chi connectivity index (χ0v) is 36.4. The number of aromatic nitrogens is 2. The number of benzene rings is 8. The lowest BCUT2D eigenvalue weighted by molar-refractivity contribution is 0.483. The molecule has 2 aliphatic rings. The summed E-state index contributed by atoms with van der Waals surface area (Å²) >= 11 is 0. The van der Waals surface area contributed by atoms with Gasteiger partial charge >= 0.3 is 0 Å². The number of hydrogen-bond acceptors (Lipinski definition) is 4. The summed E-state index contributed by atoms with van der Waals surface area (Å²) in [4.78, 5) is 10.4. The first-order chi connectivity index (χ1) is 31.2. The molecule has 2 aromatic heterocycles. The Labute approximate surface area is 374 Å². The smallest absolute Gasteiger partial charge is 0.138 e. The Morgan fingerprint density at radius 2 is 1.19 bits per heavy atom. The molecule has 4 heterocycles. The van der Waals surface area contributed by atoms with Gasteiger partial charge in [0.05, 0.1) is 33.8 Å². The average Bonchev–Trinajstić information content (AvgIpc) is 3.86. The van der Waals surface area contributed by atoms with Crippen LogP contribution in [0.3, 0.4) is 0 Å². The maximum Gasteiger partial charge on any atom is 0.138 e. The number of pyridine rings is 1. The van der Waals surface area contributed by atoms with E-state index >= 15 is 0 Å². The van der Waals surface area contributed by atoms with Gasteiger partial charge in [-0.25, -0.2) is 4.98 Å². The SMILES string of the molecule is Cc1ccc2c(c1)c1ccc3cc1n2-c1cccc(n1)-c1cc(cc(C(C)(C)C)c1)-c1ccccc1-c1cccc(-c2ccccc2)c1N1CN(c2cccc(c2)O3)c2ccccc21. The standard InChI is InChI=1S/C59H46N4O/c1-38-27-30-53-51(31-38)49-29-28-45-36-56(49)63(53)57-26-14-23-52(60-57)41-32-40(33-42(34-41)59(2,3)4)46-19-8-9-20-48(46)50-22-13-21-47(39-15-6-5-7-16-39)58(50)62-37-61(54-24-10-11-25-55(54)62)43-17-12-18-44(35-43)64-45/h5-36H,37H2,1-4H3. The zero-order chi connectivity index (χ0) is 43.1. The Balaban J connectivity index is 1.17. The number of ether oxygens (including phenoxy) is 1. The van der Waals surface area contributed by atoms with Crippen LogP contribution in [-0.4, -0.2) is 16.2 Å². The molecule has 0 atom stereocenters. The molecule has 0 aliphatic carbocycles. The molecule has 64 heavy (non-hydrogen) atoms. The zero-order valence-electron chi connectivity index (χ0n) is 36.4. The number of rotatable bonds is 1. The third-order valence-corrected chi connectivity index (χ3v) is 13.0. The first-order valence-corrected chi connectivity index (χ1v) is 22.1. The maximum atomic E-state index is 6.82. The van der Waals surface area contributed by atoms with Crippen LogP contribution >= 0.6 is 0 Å². The van der Waals surface area contributed by atoms with Crippen molar-refractivity contribution in [3.05, 3.63) is 205 Å². The molecule has 0 radical (unpaired) electrons. The second-order valence-electron chi connectivity index (χ2n) is 18.2. The van der Waals surface area contributed by atoms with Crippen LogP contribution in [0.1, 0.15) is 31.9 Å². The van der Waals surface area contributed by atoms with E-state index in [4.69, 9.17) is 9.72 Å². The molecule has 5 heteroatoms. The van der Waals surface area contributed by atoms with Crippen molar-refractivity contribution in [1.82, 2.24) is 9.55 Å². The van der Waals surface area contributed by atoms with E-state index in [9.17, 15) is 0 Å². The first kappa shape index (κ1) is 37.8. The highest BCUT2D eigenvalue weighted by molar-refractivity contribution is 6.10. The van der Waals surface area contributed by atoms with E-state index in [0.717, 1.165) is 78.9 Å². The molecule has 2 aliphatic heterocycles. The molecule has 12 rings (SSSR count). The largest absolute Gasteiger partial charge is 0.457 e. The van der Waals surface area contributed by atoms with Crippen molar-refractivity contribution < 1.29 is 4.74 Å². The summed E-state index contributed by atoms with van der Waals surface area (Å²) in [6.45, 7) is 9.66. The molecule has 0 saturated heterocycles. The molecule has 10 aromatic rings. The van der Waals surface area contributed by atoms with Crippen molar-refractivity contribution >= 4 is 44.6 Å². The van der Waals surface area contributed by atoms with Crippen LogP contribution < -0.4 is 14.5 Å². The van der Waals surface area contributed by atoms with Crippen LogP contribution in [0.2, 0.25) is 0 Å². The second kappa shape index (κ2) is 14.6. The summed E-state index contributed by atoms with van der Waals surface area (Å²) in [7, 11) is 0. The highest BCUT2D eigenvalue weighted by atomic mass is 16.5. The number of fused-ring (bicyclic) bond motifs is 23. The lowest BCUT2D eigenvalue weighted by atomic mass is 9.82. The minimum atomic E-state index is -0.123. The number of anilines is 4. The number of nitrogens with zero attached hydrogens (tertiary/aromatic N) is 4. The van der Waals surface area contributed by atoms with Crippen LogP contribution in [0.25, 0.3) is 72.3 Å². The Bertz CT molecular complexity index is 3470. The van der Waals surface area contributed by atoms with E-state index in [1.54, 1.807) is 0 Å². The monoisotopic (exact) mass is 826 g/mol. The van der Waals surface area contributed by atoms with Crippen LogP contribution in [0.15, 0.2) is 194 Å². The highest BCUT2D eigenvalue weighted by Gasteiger charge is 2.32. The minimum absolute atomic E-state index is 0.123. The molecule has 0 unspecified atom stereocenters. The van der Waals surface area contributed by atoms with E-state index in [0.29, 0.717) is 6.67 Å². The highest BCUT2D eigenvalue weighted by Crippen LogP contribution is 2.52. The fourth-order valence-electron chi connectivity index (χ4n) is 9.85. The topological polar surface area (TPSA) is 33.5 Å². The van der Waals surface area contributed by atoms with Crippen molar-refractivity contribution in [2.75, 3.05) is 16.5 Å². The normalized spacial score (nSPS) is 13.0. The summed E-state index contributed by atoms with van der Waals surface area (Å²) < 4.78 is 9.11. The average molecular weight is 827 g/mol. The maximum absolute atomic E-state index is 6.82. The predicted octanol–water partition coefficient (Wildman–Crippen LogP) is 15.8. The Morgan fingerprint density at radius 1 is 0.484 bits per heavy atom. The molecule has 10 bridgehead atoms. The molecule has 5 nitrogen and oxygen atoms in total. The Hall–Kier alpha value is -7.89. The quantitative estimate of drug-likeness (QED) is 0.165. The van der Waals surface area contributed by atoms with E-state index in [2.05, 4.69) is 230 Å². The molecule has 8 aromatic carbocycles. The molecule has 0 spiro atoms. The van der Waals surface area contributed by atoms with Gasteiger partial charge in [-0.3, -0.25) is 4.57 Å². The van der Waals surface area contributed by atoms with Gasteiger partial charge in [-0.2, -0.15) is 0 Å². The number of para-hydroxylation sites is 3. The Morgan fingerprint density at radius 3 is 2.03 bits per heavy atom. The third-order valence-electron chi connectivity index (χ3n) is 13.0. The summed E-state index contributed by atoms with van der Waals surface area (Å²) in [5, 5.41) is 2.34. The van der Waals surface area contributed by atoms with Crippen molar-refractivity contribution in [2.45, 2.75) is 33.1 Å². The van der Waals surface area contributed by atoms with Crippen molar-refractivity contribution in [2.24, 2.45) is 0 Å². The van der Waals surface area contributed by atoms with Crippen molar-refractivity contribution in [1.29, 1.82) is 0 Å². The van der Waals surface area contributed by atoms with Gasteiger partial charge in [-0.15, -0.1) is 0 Å². The fraction of sp³-hybridized carbons (Fsp3) is 0.102. The van der Waals surface area contributed by atoms with Crippen LogP contribution in [0.4, 0.5) is 22.7 Å². The lowest BCUT2D eigenvalue weighted by Gasteiger charge is -2.28. The molecule has 308 valence electrons. The lowest BCUT2D eigenvalue weighted by Crippen LogP contribution is -2.25. The summed E-state index contributed by atoms with van der Waals surface area (Å²) in [6, 6.07) is 70.4. The van der Waals surface area contributed by atoms with Gasteiger partial charge in [-0.05, 0) is 113 Å². The van der Waals surface area contributed by atoms with Crippen LogP contribution in [0.5, 0.6) is 11.5 Å². The summed E-state index contributed by atoms with van der Waals surface area (Å²) in [5.74, 6) is 2.39. The van der Waals surface area contributed by atoms with Crippen molar-refractivity contribution in [3.63, 3.8) is 0 Å². The summed E-state index contributed by atoms with van der Waals surface area (Å²) in [5.41, 5.74) is 18.0. The van der Waals surface area contributed by atoms with Gasteiger partial charge in [0.2, 0.25) is 0 Å². The van der Waals surface area contributed by atoms with Gasteiger partial charge < -0.3 is 14.5 Å².